The molecule has 0 spiro atoms. The van der Waals surface area contributed by atoms with E-state index < -0.39 is 15.6 Å². The number of benzene rings is 1. The lowest BCUT2D eigenvalue weighted by Crippen LogP contribution is -2.65. The third kappa shape index (κ3) is 3.30. The molecule has 21 heavy (non-hydrogen) atoms. The summed E-state index contributed by atoms with van der Waals surface area (Å²) >= 11 is 0. The van der Waals surface area contributed by atoms with E-state index in [-0.39, 0.29) is 19.0 Å². The Kier molecular flexibility index (Phi) is 4.47. The normalized spacial score (nSPS) is 19.0. The van der Waals surface area contributed by atoms with Crippen molar-refractivity contribution in [3.8, 4) is 0 Å². The van der Waals surface area contributed by atoms with Gasteiger partial charge in [0.25, 0.3) is 0 Å². The Hall–Kier alpha value is -0.910. The fourth-order valence-corrected chi connectivity index (χ4v) is 4.08. The van der Waals surface area contributed by atoms with Crippen LogP contribution < -0.4 is 0 Å². The summed E-state index contributed by atoms with van der Waals surface area (Å²) < 4.78 is 26.3. The molecule has 1 aliphatic heterocycles. The van der Waals surface area contributed by atoms with Crippen LogP contribution >= 0.6 is 0 Å². The van der Waals surface area contributed by atoms with Crippen LogP contribution in [0.3, 0.4) is 0 Å². The molecule has 0 aliphatic carbocycles. The number of rotatable bonds is 5. The molecular weight excluding hydrogens is 286 g/mol. The second kappa shape index (κ2) is 5.71. The van der Waals surface area contributed by atoms with Crippen LogP contribution in [0, 0.1) is 11.8 Å². The van der Waals surface area contributed by atoms with Gasteiger partial charge in [0, 0.05) is 13.1 Å². The van der Waals surface area contributed by atoms with Crippen molar-refractivity contribution in [3.05, 3.63) is 29.8 Å². The minimum atomic E-state index is -3.48. The average Bonchev–Trinajstić information content (AvgIpc) is 2.34. The third-order valence-electron chi connectivity index (χ3n) is 4.18. The maximum Gasteiger partial charge on any atom is 0.243 e. The highest BCUT2D eigenvalue weighted by molar-refractivity contribution is 7.89. The lowest BCUT2D eigenvalue weighted by atomic mass is 9.85. The second-order valence-corrected chi connectivity index (χ2v) is 8.71. The van der Waals surface area contributed by atoms with Gasteiger partial charge in [-0.05, 0) is 36.0 Å². The molecule has 1 aromatic carbocycles. The first-order valence-electron chi connectivity index (χ1n) is 7.46. The number of β-amino-alcohol motifs (C(OH)–C–C–N with tert-alkyl or cyclic N) is 1. The third-order valence-corrected chi connectivity index (χ3v) is 5.99. The van der Waals surface area contributed by atoms with Crippen molar-refractivity contribution in [1.29, 1.82) is 0 Å². The molecule has 1 saturated heterocycles. The summed E-state index contributed by atoms with van der Waals surface area (Å²) in [7, 11) is -3.48. The van der Waals surface area contributed by atoms with Crippen LogP contribution in [-0.4, -0.2) is 36.5 Å². The zero-order valence-corrected chi connectivity index (χ0v) is 14.0. The smallest absolute Gasteiger partial charge is 0.243 e. The molecule has 118 valence electrons. The van der Waals surface area contributed by atoms with Crippen LogP contribution in [0.1, 0.15) is 33.3 Å². The monoisotopic (exact) mass is 311 g/mol. The number of nitrogens with zero attached hydrogens (tertiary/aromatic N) is 1. The van der Waals surface area contributed by atoms with Gasteiger partial charge < -0.3 is 5.11 Å². The largest absolute Gasteiger partial charge is 0.387 e. The van der Waals surface area contributed by atoms with E-state index in [4.69, 9.17) is 0 Å². The summed E-state index contributed by atoms with van der Waals surface area (Å²) in [5, 5.41) is 10.2. The Bertz CT molecular complexity index is 584. The molecule has 0 saturated carbocycles. The van der Waals surface area contributed by atoms with Crippen molar-refractivity contribution in [2.75, 3.05) is 13.1 Å². The molecule has 1 heterocycles. The molecule has 0 aromatic heterocycles. The summed E-state index contributed by atoms with van der Waals surface area (Å²) in [5.41, 5.74) is 0.260. The summed E-state index contributed by atoms with van der Waals surface area (Å²) in [4.78, 5) is 0.306. The molecule has 1 fully saturated rings. The standard InChI is InChI=1S/C16H25NO3S/c1-12(2)9-14-5-7-15(8-6-14)21(19,20)17-10-16(18,11-17)13(3)4/h5-8,12-13,18H,9-11H2,1-4H3. The summed E-state index contributed by atoms with van der Waals surface area (Å²) in [5.74, 6) is 0.598. The van der Waals surface area contributed by atoms with Crippen molar-refractivity contribution in [2.24, 2.45) is 11.8 Å². The quantitative estimate of drug-likeness (QED) is 0.907. The first-order valence-corrected chi connectivity index (χ1v) is 8.90. The van der Waals surface area contributed by atoms with E-state index in [1.54, 1.807) is 12.1 Å². The van der Waals surface area contributed by atoms with Gasteiger partial charge in [0.05, 0.1) is 10.5 Å². The van der Waals surface area contributed by atoms with Gasteiger partial charge in [0.2, 0.25) is 10.0 Å². The lowest BCUT2D eigenvalue weighted by molar-refractivity contribution is -0.0932. The van der Waals surface area contributed by atoms with Gasteiger partial charge >= 0.3 is 0 Å². The van der Waals surface area contributed by atoms with Crippen molar-refractivity contribution >= 4 is 10.0 Å². The summed E-state index contributed by atoms with van der Waals surface area (Å²) in [6, 6.07) is 7.09. The van der Waals surface area contributed by atoms with E-state index in [1.165, 1.54) is 4.31 Å². The minimum Gasteiger partial charge on any atom is -0.387 e. The fourth-order valence-electron chi connectivity index (χ4n) is 2.52. The minimum absolute atomic E-state index is 0.0531. The number of hydrogen-bond donors (Lipinski definition) is 1. The Morgan fingerprint density at radius 1 is 1.14 bits per heavy atom. The molecule has 1 N–H and O–H groups in total. The zero-order valence-electron chi connectivity index (χ0n) is 13.2. The molecule has 0 amide bonds. The van der Waals surface area contributed by atoms with Crippen molar-refractivity contribution < 1.29 is 13.5 Å². The fraction of sp³-hybridized carbons (Fsp3) is 0.625. The predicted molar refractivity (Wildman–Crippen MR) is 83.5 cm³/mol. The molecule has 2 rings (SSSR count). The highest BCUT2D eigenvalue weighted by atomic mass is 32.2. The Morgan fingerprint density at radius 2 is 1.67 bits per heavy atom. The van der Waals surface area contributed by atoms with Crippen LogP contribution in [0.25, 0.3) is 0 Å². The second-order valence-electron chi connectivity index (χ2n) is 6.77. The van der Waals surface area contributed by atoms with Gasteiger partial charge in [0.15, 0.2) is 0 Å². The highest BCUT2D eigenvalue weighted by Gasteiger charge is 2.49. The zero-order chi connectivity index (χ0) is 15.8. The molecule has 1 aromatic rings. The molecule has 5 heteroatoms. The van der Waals surface area contributed by atoms with Gasteiger partial charge in [-0.2, -0.15) is 4.31 Å². The van der Waals surface area contributed by atoms with Crippen molar-refractivity contribution in [2.45, 2.75) is 44.6 Å². The van der Waals surface area contributed by atoms with Crippen LogP contribution in [0.4, 0.5) is 0 Å². The van der Waals surface area contributed by atoms with E-state index in [0.717, 1.165) is 12.0 Å². The first kappa shape index (κ1) is 16.5. The number of aliphatic hydroxyl groups is 1. The van der Waals surface area contributed by atoms with Crippen molar-refractivity contribution in [1.82, 2.24) is 4.31 Å². The summed E-state index contributed by atoms with van der Waals surface area (Å²) in [6.07, 6.45) is 0.942. The van der Waals surface area contributed by atoms with Crippen LogP contribution in [0.15, 0.2) is 29.2 Å². The molecular formula is C16H25NO3S. The maximum absolute atomic E-state index is 12.5. The van der Waals surface area contributed by atoms with Gasteiger partial charge in [-0.3, -0.25) is 0 Å². The molecule has 0 unspecified atom stereocenters. The Morgan fingerprint density at radius 3 is 2.10 bits per heavy atom. The Labute approximate surface area is 127 Å². The molecule has 1 aliphatic rings. The van der Waals surface area contributed by atoms with E-state index in [0.29, 0.717) is 10.8 Å². The highest BCUT2D eigenvalue weighted by Crippen LogP contribution is 2.33. The van der Waals surface area contributed by atoms with E-state index >= 15 is 0 Å². The van der Waals surface area contributed by atoms with Crippen LogP contribution in [-0.2, 0) is 16.4 Å². The molecule has 0 bridgehead atoms. The molecule has 0 radical (unpaired) electrons. The van der Waals surface area contributed by atoms with Gasteiger partial charge in [-0.1, -0.05) is 39.8 Å². The van der Waals surface area contributed by atoms with Gasteiger partial charge in [-0.25, -0.2) is 8.42 Å². The SMILES string of the molecule is CC(C)Cc1ccc(S(=O)(=O)N2CC(O)(C(C)C)C2)cc1. The molecule has 0 atom stereocenters. The topological polar surface area (TPSA) is 57.6 Å². The predicted octanol–water partition coefficient (Wildman–Crippen LogP) is 2.28. The summed E-state index contributed by atoms with van der Waals surface area (Å²) in [6.45, 7) is 8.45. The van der Waals surface area contributed by atoms with E-state index in [9.17, 15) is 13.5 Å². The average molecular weight is 311 g/mol. The first-order chi connectivity index (χ1) is 9.65. The van der Waals surface area contributed by atoms with Crippen molar-refractivity contribution in [3.63, 3.8) is 0 Å². The van der Waals surface area contributed by atoms with Gasteiger partial charge in [0.1, 0.15) is 0 Å². The van der Waals surface area contributed by atoms with Crippen LogP contribution in [0.2, 0.25) is 0 Å². The number of sulfonamides is 1. The maximum atomic E-state index is 12.5. The number of hydrogen-bond acceptors (Lipinski definition) is 3. The van der Waals surface area contributed by atoms with Crippen LogP contribution in [0.5, 0.6) is 0 Å². The Balaban J connectivity index is 2.11. The lowest BCUT2D eigenvalue weighted by Gasteiger charge is -2.47. The van der Waals surface area contributed by atoms with E-state index in [1.807, 2.05) is 26.0 Å². The molecule has 4 nitrogen and oxygen atoms in total. The van der Waals surface area contributed by atoms with E-state index in [2.05, 4.69) is 13.8 Å². The van der Waals surface area contributed by atoms with Gasteiger partial charge in [-0.15, -0.1) is 0 Å².